The van der Waals surface area contributed by atoms with Crippen LogP contribution in [-0.2, 0) is 6.54 Å². The zero-order chi connectivity index (χ0) is 13.0. The van der Waals surface area contributed by atoms with Gasteiger partial charge in [-0.05, 0) is 30.7 Å². The monoisotopic (exact) mass is 263 g/mol. The Labute approximate surface area is 112 Å². The summed E-state index contributed by atoms with van der Waals surface area (Å²) < 4.78 is 13.4. The van der Waals surface area contributed by atoms with Crippen LogP contribution in [0.3, 0.4) is 0 Å². The Kier molecular flexibility index (Phi) is 4.34. The summed E-state index contributed by atoms with van der Waals surface area (Å²) in [6, 6.07) is 14.6. The summed E-state index contributed by atoms with van der Waals surface area (Å²) in [5.74, 6) is -0.173. The molecular formula is C15H15ClFN. The summed E-state index contributed by atoms with van der Waals surface area (Å²) in [6.07, 6.45) is 0. The molecule has 1 N–H and O–H groups in total. The summed E-state index contributed by atoms with van der Waals surface area (Å²) in [5.41, 5.74) is 1.81. The van der Waals surface area contributed by atoms with Crippen molar-refractivity contribution in [3.05, 3.63) is 70.5 Å². The number of hydrogen-bond acceptors (Lipinski definition) is 1. The summed E-state index contributed by atoms with van der Waals surface area (Å²) in [6.45, 7) is 2.56. The van der Waals surface area contributed by atoms with Gasteiger partial charge < -0.3 is 5.32 Å². The van der Waals surface area contributed by atoms with Crippen molar-refractivity contribution in [3.63, 3.8) is 0 Å². The molecule has 0 radical (unpaired) electrons. The van der Waals surface area contributed by atoms with Crippen LogP contribution in [0, 0.1) is 5.82 Å². The van der Waals surface area contributed by atoms with Crippen molar-refractivity contribution >= 4 is 11.6 Å². The Morgan fingerprint density at radius 2 is 1.78 bits per heavy atom. The highest BCUT2D eigenvalue weighted by Crippen LogP contribution is 2.17. The highest BCUT2D eigenvalue weighted by Gasteiger charge is 2.06. The predicted molar refractivity (Wildman–Crippen MR) is 73.1 cm³/mol. The molecule has 0 aromatic heterocycles. The molecule has 0 bridgehead atoms. The first-order chi connectivity index (χ1) is 8.66. The average molecular weight is 264 g/mol. The van der Waals surface area contributed by atoms with Crippen LogP contribution in [0.5, 0.6) is 0 Å². The molecule has 0 aliphatic rings. The van der Waals surface area contributed by atoms with Crippen LogP contribution in [0.2, 0.25) is 5.02 Å². The summed E-state index contributed by atoms with van der Waals surface area (Å²) in [7, 11) is 0. The van der Waals surface area contributed by atoms with Gasteiger partial charge in [-0.3, -0.25) is 0 Å². The number of rotatable bonds is 4. The zero-order valence-electron chi connectivity index (χ0n) is 10.2. The highest BCUT2D eigenvalue weighted by molar-refractivity contribution is 6.30. The van der Waals surface area contributed by atoms with E-state index in [0.29, 0.717) is 12.1 Å². The van der Waals surface area contributed by atoms with Crippen molar-refractivity contribution in [2.75, 3.05) is 0 Å². The fourth-order valence-corrected chi connectivity index (χ4v) is 1.90. The first-order valence-corrected chi connectivity index (χ1v) is 6.27. The Morgan fingerprint density at radius 1 is 1.11 bits per heavy atom. The summed E-state index contributed by atoms with van der Waals surface area (Å²) in [5, 5.41) is 4.01. The van der Waals surface area contributed by atoms with E-state index in [1.165, 1.54) is 6.07 Å². The maximum atomic E-state index is 13.4. The maximum absolute atomic E-state index is 13.4. The SMILES string of the molecule is C[C@@H](NCc1ccccc1F)c1ccc(Cl)cc1. The van der Waals surface area contributed by atoms with Gasteiger partial charge in [0, 0.05) is 23.2 Å². The average Bonchev–Trinajstić information content (AvgIpc) is 2.38. The molecule has 94 valence electrons. The molecule has 0 aliphatic heterocycles. The molecule has 0 spiro atoms. The van der Waals surface area contributed by atoms with Gasteiger partial charge in [-0.25, -0.2) is 4.39 Å². The molecule has 0 fully saturated rings. The molecule has 0 aliphatic carbocycles. The Hall–Kier alpha value is -1.38. The van der Waals surface area contributed by atoms with Gasteiger partial charge in [0.2, 0.25) is 0 Å². The van der Waals surface area contributed by atoms with Gasteiger partial charge in [0.1, 0.15) is 5.82 Å². The van der Waals surface area contributed by atoms with Crippen LogP contribution >= 0.6 is 11.6 Å². The van der Waals surface area contributed by atoms with Crippen LogP contribution < -0.4 is 5.32 Å². The zero-order valence-corrected chi connectivity index (χ0v) is 10.9. The van der Waals surface area contributed by atoms with Crippen molar-refractivity contribution in [1.82, 2.24) is 5.32 Å². The molecule has 18 heavy (non-hydrogen) atoms. The lowest BCUT2D eigenvalue weighted by Gasteiger charge is -2.14. The normalized spacial score (nSPS) is 12.4. The second-order valence-electron chi connectivity index (χ2n) is 4.25. The lowest BCUT2D eigenvalue weighted by molar-refractivity contribution is 0.544. The van der Waals surface area contributed by atoms with Crippen molar-refractivity contribution in [1.29, 1.82) is 0 Å². The highest BCUT2D eigenvalue weighted by atomic mass is 35.5. The molecule has 1 atom stereocenters. The van der Waals surface area contributed by atoms with E-state index in [4.69, 9.17) is 11.6 Å². The largest absolute Gasteiger partial charge is 0.306 e. The topological polar surface area (TPSA) is 12.0 Å². The third-order valence-corrected chi connectivity index (χ3v) is 3.18. The van der Waals surface area contributed by atoms with Gasteiger partial charge >= 0.3 is 0 Å². The van der Waals surface area contributed by atoms with E-state index in [9.17, 15) is 4.39 Å². The fourth-order valence-electron chi connectivity index (χ4n) is 1.77. The predicted octanol–water partition coefficient (Wildman–Crippen LogP) is 4.33. The molecule has 0 saturated carbocycles. The Morgan fingerprint density at radius 3 is 2.44 bits per heavy atom. The minimum absolute atomic E-state index is 0.155. The summed E-state index contributed by atoms with van der Waals surface area (Å²) >= 11 is 5.84. The molecule has 0 saturated heterocycles. The van der Waals surface area contributed by atoms with Crippen LogP contribution in [0.4, 0.5) is 4.39 Å². The maximum Gasteiger partial charge on any atom is 0.127 e. The van der Waals surface area contributed by atoms with Crippen LogP contribution in [0.1, 0.15) is 24.1 Å². The van der Waals surface area contributed by atoms with E-state index >= 15 is 0 Å². The van der Waals surface area contributed by atoms with E-state index < -0.39 is 0 Å². The van der Waals surface area contributed by atoms with Gasteiger partial charge in [0.05, 0.1) is 0 Å². The summed E-state index contributed by atoms with van der Waals surface area (Å²) in [4.78, 5) is 0. The lowest BCUT2D eigenvalue weighted by Crippen LogP contribution is -2.18. The smallest absolute Gasteiger partial charge is 0.127 e. The van der Waals surface area contributed by atoms with Crippen molar-refractivity contribution < 1.29 is 4.39 Å². The quantitative estimate of drug-likeness (QED) is 0.866. The van der Waals surface area contributed by atoms with Gasteiger partial charge in [-0.2, -0.15) is 0 Å². The third kappa shape index (κ3) is 3.31. The molecular weight excluding hydrogens is 249 g/mol. The van der Waals surface area contributed by atoms with Gasteiger partial charge in [-0.15, -0.1) is 0 Å². The molecule has 1 nitrogen and oxygen atoms in total. The third-order valence-electron chi connectivity index (χ3n) is 2.93. The molecule has 0 unspecified atom stereocenters. The van der Waals surface area contributed by atoms with E-state index in [-0.39, 0.29) is 11.9 Å². The van der Waals surface area contributed by atoms with E-state index in [0.717, 1.165) is 10.6 Å². The van der Waals surface area contributed by atoms with Crippen LogP contribution in [0.25, 0.3) is 0 Å². The Balaban J connectivity index is 1.98. The Bertz CT molecular complexity index is 510. The van der Waals surface area contributed by atoms with Gasteiger partial charge in [-0.1, -0.05) is 41.9 Å². The molecule has 2 aromatic carbocycles. The second kappa shape index (κ2) is 5.98. The minimum atomic E-state index is -0.173. The van der Waals surface area contributed by atoms with E-state index in [1.807, 2.05) is 37.3 Å². The second-order valence-corrected chi connectivity index (χ2v) is 4.68. The molecule has 2 rings (SSSR count). The first kappa shape index (κ1) is 13.1. The standard InChI is InChI=1S/C15H15ClFN/c1-11(12-6-8-14(16)9-7-12)18-10-13-4-2-3-5-15(13)17/h2-9,11,18H,10H2,1H3/t11-/m1/s1. The first-order valence-electron chi connectivity index (χ1n) is 5.89. The minimum Gasteiger partial charge on any atom is -0.306 e. The van der Waals surface area contributed by atoms with Crippen LogP contribution in [0.15, 0.2) is 48.5 Å². The van der Waals surface area contributed by atoms with E-state index in [1.54, 1.807) is 12.1 Å². The number of nitrogens with one attached hydrogen (secondary N) is 1. The van der Waals surface area contributed by atoms with Crippen molar-refractivity contribution in [2.24, 2.45) is 0 Å². The molecule has 0 amide bonds. The molecule has 2 aromatic rings. The molecule has 0 heterocycles. The fraction of sp³-hybridized carbons (Fsp3) is 0.200. The van der Waals surface area contributed by atoms with E-state index in [2.05, 4.69) is 5.32 Å². The van der Waals surface area contributed by atoms with Crippen molar-refractivity contribution in [2.45, 2.75) is 19.5 Å². The number of hydrogen-bond donors (Lipinski definition) is 1. The lowest BCUT2D eigenvalue weighted by atomic mass is 10.1. The number of halogens is 2. The van der Waals surface area contributed by atoms with Gasteiger partial charge in [0.25, 0.3) is 0 Å². The van der Waals surface area contributed by atoms with Gasteiger partial charge in [0.15, 0.2) is 0 Å². The number of benzene rings is 2. The van der Waals surface area contributed by atoms with Crippen LogP contribution in [-0.4, -0.2) is 0 Å². The van der Waals surface area contributed by atoms with Crippen molar-refractivity contribution in [3.8, 4) is 0 Å². The molecule has 3 heteroatoms.